The van der Waals surface area contributed by atoms with Crippen LogP contribution in [0.25, 0.3) is 0 Å². The summed E-state index contributed by atoms with van der Waals surface area (Å²) in [5.74, 6) is 1.36. The number of nitrogens with one attached hydrogen (secondary N) is 1. The molecule has 0 saturated carbocycles. The van der Waals surface area contributed by atoms with E-state index in [1.165, 1.54) is 0 Å². The maximum Gasteiger partial charge on any atom is 0.223 e. The van der Waals surface area contributed by atoms with Gasteiger partial charge in [-0.3, -0.25) is 4.84 Å². The van der Waals surface area contributed by atoms with Crippen LogP contribution in [0.3, 0.4) is 0 Å². The molecule has 0 radical (unpaired) electrons. The fraction of sp³-hybridized carbons (Fsp3) is 0.235. The van der Waals surface area contributed by atoms with Gasteiger partial charge in [0.1, 0.15) is 12.4 Å². The number of hydrogen-bond donors (Lipinski definition) is 1. The average molecular weight is 368 g/mol. The van der Waals surface area contributed by atoms with Gasteiger partial charge in [-0.2, -0.15) is 0 Å². The monoisotopic (exact) mass is 367 g/mol. The Kier molecular flexibility index (Phi) is 6.73. The summed E-state index contributed by atoms with van der Waals surface area (Å²) in [5, 5.41) is 5.53. The zero-order valence-electron chi connectivity index (χ0n) is 13.2. The predicted molar refractivity (Wildman–Crippen MR) is 98.3 cm³/mol. The molecule has 0 atom stereocenters. The summed E-state index contributed by atoms with van der Waals surface area (Å²) < 4.78 is 5.21. The van der Waals surface area contributed by atoms with Crippen molar-refractivity contribution in [3.05, 3.63) is 59.1 Å². The highest BCUT2D eigenvalue weighted by Gasteiger charge is 2.19. The number of rotatable bonds is 5. The molecule has 0 spiro atoms. The lowest BCUT2D eigenvalue weighted by Gasteiger charge is -2.17. The van der Waals surface area contributed by atoms with Crippen LogP contribution in [0.5, 0.6) is 5.75 Å². The van der Waals surface area contributed by atoms with Crippen LogP contribution in [-0.2, 0) is 11.4 Å². The van der Waals surface area contributed by atoms with Crippen LogP contribution in [-0.4, -0.2) is 31.2 Å². The SMILES string of the molecule is COc1ccc(Cl)c(N=C2NCCN2OCc2ccccc2)c1.Cl. The zero-order valence-corrected chi connectivity index (χ0v) is 14.8. The molecule has 7 heteroatoms. The molecule has 5 nitrogen and oxygen atoms in total. The Labute approximate surface area is 152 Å². The van der Waals surface area contributed by atoms with Crippen molar-refractivity contribution in [3.63, 3.8) is 0 Å². The van der Waals surface area contributed by atoms with Gasteiger partial charge >= 0.3 is 0 Å². The first-order valence-corrected chi connectivity index (χ1v) is 7.74. The molecule has 0 amide bonds. The number of guanidine groups is 1. The molecule has 1 fully saturated rings. The molecule has 0 aromatic heterocycles. The first-order valence-electron chi connectivity index (χ1n) is 7.37. The largest absolute Gasteiger partial charge is 0.497 e. The molecule has 1 saturated heterocycles. The molecule has 2 aromatic carbocycles. The van der Waals surface area contributed by atoms with Crippen LogP contribution in [0.1, 0.15) is 5.56 Å². The lowest BCUT2D eigenvalue weighted by atomic mass is 10.2. The normalized spacial score (nSPS) is 15.1. The van der Waals surface area contributed by atoms with Crippen molar-refractivity contribution in [3.8, 4) is 5.75 Å². The van der Waals surface area contributed by atoms with Gasteiger partial charge < -0.3 is 10.1 Å². The van der Waals surface area contributed by atoms with Gasteiger partial charge in [0.15, 0.2) is 0 Å². The van der Waals surface area contributed by atoms with Crippen molar-refractivity contribution < 1.29 is 9.57 Å². The molecule has 1 aliphatic rings. The number of halogens is 2. The average Bonchev–Trinajstić information content (AvgIpc) is 3.03. The van der Waals surface area contributed by atoms with Gasteiger partial charge in [0.2, 0.25) is 5.96 Å². The number of methoxy groups -OCH3 is 1. The Morgan fingerprint density at radius 2 is 2.00 bits per heavy atom. The minimum absolute atomic E-state index is 0. The van der Waals surface area contributed by atoms with Crippen molar-refractivity contribution in [2.45, 2.75) is 6.61 Å². The van der Waals surface area contributed by atoms with Crippen molar-refractivity contribution in [1.82, 2.24) is 10.4 Å². The highest BCUT2D eigenvalue weighted by Crippen LogP contribution is 2.29. The van der Waals surface area contributed by atoms with E-state index in [0.717, 1.165) is 18.7 Å². The van der Waals surface area contributed by atoms with Crippen molar-refractivity contribution in [2.24, 2.45) is 4.99 Å². The Morgan fingerprint density at radius 1 is 1.21 bits per heavy atom. The van der Waals surface area contributed by atoms with E-state index in [4.69, 9.17) is 21.2 Å². The summed E-state index contributed by atoms with van der Waals surface area (Å²) in [7, 11) is 1.61. The number of benzene rings is 2. The smallest absolute Gasteiger partial charge is 0.223 e. The molecule has 0 bridgehead atoms. The lowest BCUT2D eigenvalue weighted by Crippen LogP contribution is -2.30. The molecular weight excluding hydrogens is 349 g/mol. The van der Waals surface area contributed by atoms with E-state index in [1.54, 1.807) is 30.4 Å². The Hall–Kier alpha value is -1.95. The summed E-state index contributed by atoms with van der Waals surface area (Å²) in [6, 6.07) is 15.4. The molecular formula is C17H19Cl2N3O2. The van der Waals surface area contributed by atoms with Gasteiger partial charge in [-0.15, -0.1) is 12.4 Å². The number of aliphatic imine (C=N–C) groups is 1. The van der Waals surface area contributed by atoms with Crippen LogP contribution in [0, 0.1) is 0 Å². The number of hydrogen-bond acceptors (Lipinski definition) is 3. The Morgan fingerprint density at radius 3 is 2.75 bits per heavy atom. The molecule has 3 rings (SSSR count). The van der Waals surface area contributed by atoms with Crippen molar-refractivity contribution in [2.75, 3.05) is 20.2 Å². The maximum absolute atomic E-state index is 6.20. The molecule has 1 heterocycles. The third kappa shape index (κ3) is 4.54. The highest BCUT2D eigenvalue weighted by atomic mass is 35.5. The summed E-state index contributed by atoms with van der Waals surface area (Å²) in [4.78, 5) is 10.4. The molecule has 24 heavy (non-hydrogen) atoms. The summed E-state index contributed by atoms with van der Waals surface area (Å²) in [6.07, 6.45) is 0. The lowest BCUT2D eigenvalue weighted by molar-refractivity contribution is -0.102. The van der Waals surface area contributed by atoms with Gasteiger partial charge in [0.25, 0.3) is 0 Å². The summed E-state index contributed by atoms with van der Waals surface area (Å²) >= 11 is 6.20. The van der Waals surface area contributed by atoms with Gasteiger partial charge in [-0.1, -0.05) is 41.9 Å². The third-order valence-corrected chi connectivity index (χ3v) is 3.76. The fourth-order valence-electron chi connectivity index (χ4n) is 2.23. The van der Waals surface area contributed by atoms with Gasteiger partial charge in [0, 0.05) is 12.6 Å². The number of ether oxygens (including phenoxy) is 1. The maximum atomic E-state index is 6.20. The van der Waals surface area contributed by atoms with Gasteiger partial charge in [-0.05, 0) is 17.7 Å². The highest BCUT2D eigenvalue weighted by molar-refractivity contribution is 6.33. The molecule has 128 valence electrons. The zero-order chi connectivity index (χ0) is 16.1. The molecule has 2 aromatic rings. The van der Waals surface area contributed by atoms with E-state index in [0.29, 0.717) is 29.0 Å². The van der Waals surface area contributed by atoms with E-state index in [2.05, 4.69) is 10.3 Å². The van der Waals surface area contributed by atoms with Crippen LogP contribution >= 0.6 is 24.0 Å². The van der Waals surface area contributed by atoms with Crippen LogP contribution in [0.4, 0.5) is 5.69 Å². The van der Waals surface area contributed by atoms with Crippen molar-refractivity contribution in [1.29, 1.82) is 0 Å². The summed E-state index contributed by atoms with van der Waals surface area (Å²) in [5.41, 5.74) is 1.75. The van der Waals surface area contributed by atoms with Crippen molar-refractivity contribution >= 4 is 35.7 Å². The van der Waals surface area contributed by atoms with E-state index in [1.807, 2.05) is 30.3 Å². The molecule has 0 aliphatic carbocycles. The topological polar surface area (TPSA) is 46.1 Å². The Bertz CT molecular complexity index is 695. The number of hydroxylamine groups is 2. The first kappa shape index (κ1) is 18.4. The Balaban J connectivity index is 0.00000208. The fourth-order valence-corrected chi connectivity index (χ4v) is 2.39. The quantitative estimate of drug-likeness (QED) is 0.872. The molecule has 0 unspecified atom stereocenters. The van der Waals surface area contributed by atoms with Crippen LogP contribution in [0.2, 0.25) is 5.02 Å². The minimum Gasteiger partial charge on any atom is -0.497 e. The second-order valence-corrected chi connectivity index (χ2v) is 5.45. The van der Waals surface area contributed by atoms with Crippen LogP contribution in [0.15, 0.2) is 53.5 Å². The van der Waals surface area contributed by atoms with E-state index in [-0.39, 0.29) is 12.4 Å². The predicted octanol–water partition coefficient (Wildman–Crippen LogP) is 3.79. The third-order valence-electron chi connectivity index (χ3n) is 3.44. The second kappa shape index (κ2) is 8.78. The summed E-state index contributed by atoms with van der Waals surface area (Å²) in [6.45, 7) is 2.00. The van der Waals surface area contributed by atoms with Gasteiger partial charge in [-0.25, -0.2) is 10.1 Å². The molecule has 1 aliphatic heterocycles. The first-order chi connectivity index (χ1) is 11.3. The van der Waals surface area contributed by atoms with E-state index < -0.39 is 0 Å². The van der Waals surface area contributed by atoms with Gasteiger partial charge in [0.05, 0.1) is 24.4 Å². The van der Waals surface area contributed by atoms with Crippen LogP contribution < -0.4 is 10.1 Å². The second-order valence-electron chi connectivity index (χ2n) is 5.04. The minimum atomic E-state index is 0. The number of nitrogens with zero attached hydrogens (tertiary/aromatic N) is 2. The van der Waals surface area contributed by atoms with E-state index >= 15 is 0 Å². The van der Waals surface area contributed by atoms with E-state index in [9.17, 15) is 0 Å². The standard InChI is InChI=1S/C17H18ClN3O2.ClH/c1-22-14-7-8-15(18)16(11-14)20-17-19-9-10-21(17)23-12-13-5-3-2-4-6-13;/h2-8,11H,9-10,12H2,1H3,(H,19,20);1H. The molecule has 1 N–H and O–H groups in total.